The van der Waals surface area contributed by atoms with E-state index in [9.17, 15) is 20.1 Å². The first-order valence-corrected chi connectivity index (χ1v) is 13.1. The smallest absolute Gasteiger partial charge is 0.309 e. The second kappa shape index (κ2) is 10.8. The van der Waals surface area contributed by atoms with E-state index in [1.807, 2.05) is 19.1 Å². The van der Waals surface area contributed by atoms with Gasteiger partial charge in [-0.2, -0.15) is 0 Å². The molecule has 9 nitrogen and oxygen atoms in total. The Bertz CT molecular complexity index is 1420. The van der Waals surface area contributed by atoms with Gasteiger partial charge in [0, 0.05) is 11.0 Å². The summed E-state index contributed by atoms with van der Waals surface area (Å²) in [6.45, 7) is 2.13. The maximum atomic E-state index is 12.9. The molecule has 3 aromatic carbocycles. The maximum Gasteiger partial charge on any atom is 0.309 e. The predicted octanol–water partition coefficient (Wildman–Crippen LogP) is 4.30. The van der Waals surface area contributed by atoms with Crippen LogP contribution in [0.15, 0.2) is 48.5 Å². The largest absolute Gasteiger partial charge is 0.504 e. The van der Waals surface area contributed by atoms with Crippen molar-refractivity contribution in [1.29, 1.82) is 0 Å². The Morgan fingerprint density at radius 1 is 0.900 bits per heavy atom. The van der Waals surface area contributed by atoms with E-state index in [0.29, 0.717) is 35.8 Å². The number of phenolic OH excluding ortho intramolecular Hbond substituents is 2. The van der Waals surface area contributed by atoms with Crippen LogP contribution in [0.2, 0.25) is 0 Å². The lowest BCUT2D eigenvalue weighted by Gasteiger charge is -2.28. The van der Waals surface area contributed by atoms with Crippen LogP contribution in [0.4, 0.5) is 0 Å². The highest BCUT2D eigenvalue weighted by molar-refractivity contribution is 5.76. The second-order valence-corrected chi connectivity index (χ2v) is 10.7. The van der Waals surface area contributed by atoms with Gasteiger partial charge in [-0.15, -0.1) is 0 Å². The van der Waals surface area contributed by atoms with Crippen LogP contribution in [-0.4, -0.2) is 55.8 Å². The number of carbonyl (C=O) groups is 1. The molecule has 4 unspecified atom stereocenters. The minimum atomic E-state index is -0.515. The van der Waals surface area contributed by atoms with Gasteiger partial charge in [0.1, 0.15) is 6.10 Å². The Kier molecular flexibility index (Phi) is 7.42. The van der Waals surface area contributed by atoms with E-state index in [2.05, 4.69) is 0 Å². The van der Waals surface area contributed by atoms with Crippen molar-refractivity contribution in [2.75, 3.05) is 34.5 Å². The number of carbonyl (C=O) groups excluding carboxylic acids is 1. The summed E-state index contributed by atoms with van der Waals surface area (Å²) in [6.07, 6.45) is 0.446. The van der Waals surface area contributed by atoms with Crippen molar-refractivity contribution in [3.63, 3.8) is 0 Å². The van der Waals surface area contributed by atoms with E-state index in [4.69, 9.17) is 23.7 Å². The van der Waals surface area contributed by atoms with Crippen molar-refractivity contribution in [2.45, 2.75) is 31.8 Å². The van der Waals surface area contributed by atoms with Crippen molar-refractivity contribution in [3.05, 3.63) is 70.8 Å². The zero-order chi connectivity index (χ0) is 28.6. The Balaban J connectivity index is 1.45. The molecule has 1 fully saturated rings. The van der Waals surface area contributed by atoms with Crippen molar-refractivity contribution >= 4 is 5.97 Å². The Morgan fingerprint density at radius 2 is 1.55 bits per heavy atom. The molecule has 212 valence electrons. The highest BCUT2D eigenvalue weighted by atomic mass is 16.5. The quantitative estimate of drug-likeness (QED) is 0.335. The molecule has 0 spiro atoms. The molecule has 0 bridgehead atoms. The number of hydrogen-bond acceptors (Lipinski definition) is 9. The van der Waals surface area contributed by atoms with E-state index >= 15 is 0 Å². The number of hydrogen-bond donors (Lipinski definition) is 3. The third-order valence-electron chi connectivity index (χ3n) is 8.06. The Labute approximate surface area is 232 Å². The van der Waals surface area contributed by atoms with E-state index < -0.39 is 17.4 Å². The topological polar surface area (TPSA) is 124 Å². The number of rotatable bonds is 9. The molecular formula is C31H34O9. The van der Waals surface area contributed by atoms with Gasteiger partial charge in [0.25, 0.3) is 0 Å². The van der Waals surface area contributed by atoms with Crippen LogP contribution in [0.5, 0.6) is 34.5 Å². The molecule has 0 saturated carbocycles. The average Bonchev–Trinajstić information content (AvgIpc) is 3.46. The summed E-state index contributed by atoms with van der Waals surface area (Å²) >= 11 is 0. The fourth-order valence-electron chi connectivity index (χ4n) is 5.85. The van der Waals surface area contributed by atoms with Gasteiger partial charge < -0.3 is 39.0 Å². The van der Waals surface area contributed by atoms with E-state index in [1.54, 1.807) is 43.5 Å². The molecule has 2 heterocycles. The molecule has 0 amide bonds. The van der Waals surface area contributed by atoms with E-state index in [1.165, 1.54) is 14.2 Å². The number of benzene rings is 3. The number of phenols is 2. The summed E-state index contributed by atoms with van der Waals surface area (Å²) in [5.74, 6) is 0.757. The molecule has 3 N–H and O–H groups in total. The van der Waals surface area contributed by atoms with Gasteiger partial charge in [-0.25, -0.2) is 0 Å². The summed E-state index contributed by atoms with van der Waals surface area (Å²) in [5.41, 5.74) is 2.83. The lowest BCUT2D eigenvalue weighted by molar-refractivity contribution is -0.141. The summed E-state index contributed by atoms with van der Waals surface area (Å²) in [7, 11) is 4.53. The van der Waals surface area contributed by atoms with E-state index in [0.717, 1.165) is 22.3 Å². The first-order chi connectivity index (χ1) is 19.2. The van der Waals surface area contributed by atoms with Gasteiger partial charge in [-0.1, -0.05) is 25.1 Å². The predicted molar refractivity (Wildman–Crippen MR) is 145 cm³/mol. The van der Waals surface area contributed by atoms with Gasteiger partial charge in [0.05, 0.1) is 46.4 Å². The molecule has 0 aromatic heterocycles. The zero-order valence-electron chi connectivity index (χ0n) is 23.0. The average molecular weight is 551 g/mol. The van der Waals surface area contributed by atoms with Crippen LogP contribution in [0.1, 0.15) is 41.2 Å². The monoisotopic (exact) mass is 550 g/mol. The molecule has 2 aliphatic rings. The molecule has 3 aromatic rings. The summed E-state index contributed by atoms with van der Waals surface area (Å²) in [5, 5.41) is 30.4. The lowest BCUT2D eigenvalue weighted by atomic mass is 9.72. The molecule has 1 saturated heterocycles. The number of ether oxygens (including phenoxy) is 5. The SMILES string of the molecule is COc1cc(CC2C(=O)OCC2(C)Cc2cc(OC)c3c(c2)C(CO)C(c2ccc(O)c(OC)c2)O3)ccc1O. The maximum absolute atomic E-state index is 12.9. The number of esters is 1. The fourth-order valence-corrected chi connectivity index (χ4v) is 5.85. The molecule has 0 aliphatic carbocycles. The molecule has 40 heavy (non-hydrogen) atoms. The second-order valence-electron chi connectivity index (χ2n) is 10.7. The third kappa shape index (κ3) is 4.86. The molecular weight excluding hydrogens is 516 g/mol. The molecule has 0 radical (unpaired) electrons. The lowest BCUT2D eigenvalue weighted by Crippen LogP contribution is -2.31. The Morgan fingerprint density at radius 3 is 2.23 bits per heavy atom. The van der Waals surface area contributed by atoms with Crippen LogP contribution < -0.4 is 18.9 Å². The van der Waals surface area contributed by atoms with Gasteiger partial charge in [-0.3, -0.25) is 4.79 Å². The summed E-state index contributed by atoms with van der Waals surface area (Å²) in [4.78, 5) is 12.9. The van der Waals surface area contributed by atoms with Crippen molar-refractivity contribution < 1.29 is 43.8 Å². The molecule has 5 rings (SSSR count). The normalized spacial score (nSPS) is 23.3. The minimum absolute atomic E-state index is 0.0176. The van der Waals surface area contributed by atoms with Crippen molar-refractivity contribution in [2.24, 2.45) is 11.3 Å². The number of aliphatic hydroxyl groups is 1. The van der Waals surface area contributed by atoms with Crippen molar-refractivity contribution in [1.82, 2.24) is 0 Å². The standard InChI is InChI=1S/C31H34O9/c1-31(16-39-30(35)22(31)10-17-5-7-23(33)25(11-17)36-2)14-18-9-20-21(15-32)28(40-29(20)27(12-18)38-4)19-6-8-24(34)26(13-19)37-3/h5-9,11-13,21-22,28,32-34H,10,14-16H2,1-4H3. The molecule has 4 atom stereocenters. The Hall–Kier alpha value is -4.11. The molecule has 9 heteroatoms. The van der Waals surface area contributed by atoms with Crippen LogP contribution in [0.25, 0.3) is 0 Å². The van der Waals surface area contributed by atoms with Crippen LogP contribution in [0, 0.1) is 11.3 Å². The fraction of sp³-hybridized carbons (Fsp3) is 0.387. The zero-order valence-corrected chi connectivity index (χ0v) is 23.0. The van der Waals surface area contributed by atoms with Gasteiger partial charge in [0.2, 0.25) is 0 Å². The number of fused-ring (bicyclic) bond motifs is 1. The van der Waals surface area contributed by atoms with Crippen molar-refractivity contribution in [3.8, 4) is 34.5 Å². The summed E-state index contributed by atoms with van der Waals surface area (Å²) < 4.78 is 28.1. The number of cyclic esters (lactones) is 1. The van der Waals surface area contributed by atoms with Gasteiger partial charge in [0.15, 0.2) is 34.5 Å². The van der Waals surface area contributed by atoms with Gasteiger partial charge in [-0.05, 0) is 59.9 Å². The highest BCUT2D eigenvalue weighted by Gasteiger charge is 2.47. The number of aromatic hydroxyl groups is 2. The van der Waals surface area contributed by atoms with Crippen LogP contribution in [0.3, 0.4) is 0 Å². The first kappa shape index (κ1) is 27.5. The number of aliphatic hydroxyl groups excluding tert-OH is 1. The minimum Gasteiger partial charge on any atom is -0.504 e. The highest BCUT2D eigenvalue weighted by Crippen LogP contribution is 2.52. The summed E-state index contributed by atoms with van der Waals surface area (Å²) in [6, 6.07) is 14.0. The van der Waals surface area contributed by atoms with Crippen LogP contribution in [-0.2, 0) is 22.4 Å². The van der Waals surface area contributed by atoms with Gasteiger partial charge >= 0.3 is 5.97 Å². The third-order valence-corrected chi connectivity index (χ3v) is 8.06. The van der Waals surface area contributed by atoms with E-state index in [-0.39, 0.29) is 36.6 Å². The van der Waals surface area contributed by atoms with Crippen LogP contribution >= 0.6 is 0 Å². The number of methoxy groups -OCH3 is 3. The molecule has 2 aliphatic heterocycles. The first-order valence-electron chi connectivity index (χ1n) is 13.1.